The molecule has 140 valence electrons. The number of aliphatic hydroxyl groups is 2. The number of rotatable bonds is 7. The molecular weight excluding hydrogens is 348 g/mol. The molecule has 1 aromatic heterocycles. The summed E-state index contributed by atoms with van der Waals surface area (Å²) >= 11 is 0. The first-order chi connectivity index (χ1) is 13.1. The summed E-state index contributed by atoms with van der Waals surface area (Å²) in [7, 11) is 0. The topological polar surface area (TPSA) is 105 Å². The van der Waals surface area contributed by atoms with E-state index in [1.54, 1.807) is 36.5 Å². The minimum atomic E-state index is -1.18. The molecule has 2 unspecified atom stereocenters. The first-order valence-electron chi connectivity index (χ1n) is 8.45. The van der Waals surface area contributed by atoms with Crippen LogP contribution in [0.5, 0.6) is 0 Å². The molecule has 0 saturated carbocycles. The molecule has 0 fully saturated rings. The van der Waals surface area contributed by atoms with E-state index in [9.17, 15) is 15.0 Å². The summed E-state index contributed by atoms with van der Waals surface area (Å²) in [4.78, 5) is 11.7. The third-order valence-corrected chi connectivity index (χ3v) is 4.01. The summed E-state index contributed by atoms with van der Waals surface area (Å²) in [6, 6.07) is 17.9. The lowest BCUT2D eigenvalue weighted by atomic mass is 10.0. The van der Waals surface area contributed by atoms with Crippen molar-refractivity contribution in [3.05, 3.63) is 78.0 Å². The molecule has 7 heteroatoms. The molecule has 0 spiro atoms. The Morgan fingerprint density at radius 2 is 1.81 bits per heavy atom. The third-order valence-electron chi connectivity index (χ3n) is 4.01. The van der Waals surface area contributed by atoms with Crippen LogP contribution in [0.25, 0.3) is 11.3 Å². The van der Waals surface area contributed by atoms with Crippen molar-refractivity contribution >= 4 is 6.09 Å². The highest BCUT2D eigenvalue weighted by atomic mass is 16.5. The lowest BCUT2D eigenvalue weighted by molar-refractivity contribution is 0.0184. The highest BCUT2D eigenvalue weighted by Crippen LogP contribution is 2.23. The van der Waals surface area contributed by atoms with Crippen LogP contribution in [-0.4, -0.2) is 34.1 Å². The second-order valence-corrected chi connectivity index (χ2v) is 5.95. The fraction of sp³-hybridized carbons (Fsp3) is 0.200. The summed E-state index contributed by atoms with van der Waals surface area (Å²) in [6.07, 6.45) is -1.44. The molecule has 0 aliphatic carbocycles. The molecule has 3 rings (SSSR count). The quantitative estimate of drug-likeness (QED) is 0.592. The van der Waals surface area contributed by atoms with Gasteiger partial charge in [-0.05, 0) is 11.1 Å². The Balaban J connectivity index is 1.47. The second kappa shape index (κ2) is 8.98. The lowest BCUT2D eigenvalue weighted by Gasteiger charge is -2.18. The van der Waals surface area contributed by atoms with Crippen molar-refractivity contribution in [1.82, 2.24) is 10.5 Å². The Morgan fingerprint density at radius 1 is 1.07 bits per heavy atom. The number of amides is 1. The number of benzene rings is 2. The number of nitrogens with one attached hydrogen (secondary N) is 1. The van der Waals surface area contributed by atoms with E-state index in [1.807, 2.05) is 30.3 Å². The van der Waals surface area contributed by atoms with E-state index in [0.717, 1.165) is 11.1 Å². The Morgan fingerprint density at radius 3 is 2.48 bits per heavy atom. The number of ether oxygens (including phenoxy) is 1. The fourth-order valence-electron chi connectivity index (χ4n) is 2.51. The van der Waals surface area contributed by atoms with E-state index in [1.165, 1.54) is 0 Å². The molecule has 0 aliphatic rings. The number of hydrogen-bond donors (Lipinski definition) is 3. The number of carbonyl (C=O) groups is 1. The van der Waals surface area contributed by atoms with Gasteiger partial charge in [0.05, 0.1) is 6.20 Å². The minimum absolute atomic E-state index is 0.133. The average Bonchev–Trinajstić information content (AvgIpc) is 3.25. The molecule has 0 bridgehead atoms. The Bertz CT molecular complexity index is 835. The van der Waals surface area contributed by atoms with Crippen molar-refractivity contribution in [2.75, 3.05) is 6.54 Å². The van der Waals surface area contributed by atoms with E-state index in [-0.39, 0.29) is 13.2 Å². The number of aliphatic hydroxyl groups excluding tert-OH is 2. The largest absolute Gasteiger partial charge is 0.445 e. The van der Waals surface area contributed by atoms with Gasteiger partial charge in [0.2, 0.25) is 0 Å². The summed E-state index contributed by atoms with van der Waals surface area (Å²) in [6.45, 7) is -0.00688. The molecule has 2 aromatic carbocycles. The molecular formula is C20H20N2O5. The lowest BCUT2D eigenvalue weighted by Crippen LogP contribution is -2.35. The summed E-state index contributed by atoms with van der Waals surface area (Å²) < 4.78 is 10.1. The van der Waals surface area contributed by atoms with Crippen LogP contribution in [0.15, 0.2) is 71.4 Å². The van der Waals surface area contributed by atoms with Crippen molar-refractivity contribution in [2.24, 2.45) is 0 Å². The molecule has 1 amide bonds. The Labute approximate surface area is 156 Å². The zero-order valence-electron chi connectivity index (χ0n) is 14.5. The second-order valence-electron chi connectivity index (χ2n) is 5.95. The number of alkyl carbamates (subject to hydrolysis) is 1. The van der Waals surface area contributed by atoms with Crippen molar-refractivity contribution in [3.8, 4) is 11.3 Å². The molecule has 2 atom stereocenters. The van der Waals surface area contributed by atoms with Crippen LogP contribution < -0.4 is 5.32 Å². The molecule has 0 aliphatic heterocycles. The monoisotopic (exact) mass is 368 g/mol. The first kappa shape index (κ1) is 18.6. The zero-order valence-corrected chi connectivity index (χ0v) is 14.5. The van der Waals surface area contributed by atoms with E-state index in [2.05, 4.69) is 10.5 Å². The smallest absolute Gasteiger partial charge is 0.407 e. The maximum absolute atomic E-state index is 11.7. The van der Waals surface area contributed by atoms with Gasteiger partial charge in [-0.15, -0.1) is 0 Å². The highest BCUT2D eigenvalue weighted by molar-refractivity contribution is 5.67. The summed E-state index contributed by atoms with van der Waals surface area (Å²) in [5, 5.41) is 26.4. The van der Waals surface area contributed by atoms with Crippen LogP contribution in [0.2, 0.25) is 0 Å². The van der Waals surface area contributed by atoms with Crippen molar-refractivity contribution < 1.29 is 24.3 Å². The zero-order chi connectivity index (χ0) is 19.1. The molecule has 27 heavy (non-hydrogen) atoms. The summed E-state index contributed by atoms with van der Waals surface area (Å²) in [5.41, 5.74) is 2.19. The number of hydrogen-bond acceptors (Lipinski definition) is 6. The Hall–Kier alpha value is -3.16. The number of nitrogens with zero attached hydrogens (tertiary/aromatic N) is 1. The van der Waals surface area contributed by atoms with Gasteiger partial charge in [0, 0.05) is 18.2 Å². The highest BCUT2D eigenvalue weighted by Gasteiger charge is 2.19. The molecule has 7 nitrogen and oxygen atoms in total. The van der Waals surface area contributed by atoms with Gasteiger partial charge >= 0.3 is 6.09 Å². The SMILES string of the molecule is O=C(NCC(O)C(O)c1ccc(-c2ccno2)cc1)OCc1ccccc1. The molecule has 0 radical (unpaired) electrons. The maximum atomic E-state index is 11.7. The van der Waals surface area contributed by atoms with Crippen LogP contribution in [0.1, 0.15) is 17.2 Å². The van der Waals surface area contributed by atoms with Gasteiger partial charge in [-0.25, -0.2) is 4.79 Å². The normalized spacial score (nSPS) is 13.0. The molecule has 3 aromatic rings. The van der Waals surface area contributed by atoms with Crippen molar-refractivity contribution in [3.63, 3.8) is 0 Å². The van der Waals surface area contributed by atoms with Crippen molar-refractivity contribution in [2.45, 2.75) is 18.8 Å². The number of aromatic nitrogens is 1. The van der Waals surface area contributed by atoms with Gasteiger partial charge in [0.15, 0.2) is 5.76 Å². The van der Waals surface area contributed by atoms with E-state index in [4.69, 9.17) is 9.26 Å². The van der Waals surface area contributed by atoms with Crippen molar-refractivity contribution in [1.29, 1.82) is 0 Å². The average molecular weight is 368 g/mol. The van der Waals surface area contributed by atoms with E-state index in [0.29, 0.717) is 11.3 Å². The third kappa shape index (κ3) is 5.16. The predicted octanol–water partition coefficient (Wildman–Crippen LogP) is 2.66. The van der Waals surface area contributed by atoms with Gasteiger partial charge in [-0.1, -0.05) is 59.8 Å². The number of carbonyl (C=O) groups excluding carboxylic acids is 1. The molecule has 1 heterocycles. The fourth-order valence-corrected chi connectivity index (χ4v) is 2.51. The first-order valence-corrected chi connectivity index (χ1v) is 8.45. The van der Waals surface area contributed by atoms with E-state index >= 15 is 0 Å². The van der Waals surface area contributed by atoms with Gasteiger partial charge in [0.1, 0.15) is 18.8 Å². The summed E-state index contributed by atoms with van der Waals surface area (Å²) in [5.74, 6) is 0.611. The van der Waals surface area contributed by atoms with Crippen LogP contribution in [0, 0.1) is 0 Å². The van der Waals surface area contributed by atoms with E-state index < -0.39 is 18.3 Å². The van der Waals surface area contributed by atoms with Crippen LogP contribution in [-0.2, 0) is 11.3 Å². The predicted molar refractivity (Wildman–Crippen MR) is 97.5 cm³/mol. The van der Waals surface area contributed by atoms with Gasteiger partial charge < -0.3 is 24.8 Å². The van der Waals surface area contributed by atoms with Crippen LogP contribution in [0.3, 0.4) is 0 Å². The molecule has 0 saturated heterocycles. The van der Waals surface area contributed by atoms with Crippen LogP contribution >= 0.6 is 0 Å². The van der Waals surface area contributed by atoms with Gasteiger partial charge in [0.25, 0.3) is 0 Å². The van der Waals surface area contributed by atoms with Gasteiger partial charge in [-0.3, -0.25) is 0 Å². The maximum Gasteiger partial charge on any atom is 0.407 e. The van der Waals surface area contributed by atoms with Crippen LogP contribution in [0.4, 0.5) is 4.79 Å². The van der Waals surface area contributed by atoms with Gasteiger partial charge in [-0.2, -0.15) is 0 Å². The minimum Gasteiger partial charge on any atom is -0.445 e. The standard InChI is InChI=1S/C20H20N2O5/c23-17(12-21-20(25)26-13-14-4-2-1-3-5-14)19(24)16-8-6-15(7-9-16)18-10-11-22-27-18/h1-11,17,19,23-24H,12-13H2,(H,21,25). The Kier molecular flexibility index (Phi) is 6.19. The molecule has 3 N–H and O–H groups in total.